The van der Waals surface area contributed by atoms with Crippen LogP contribution in [0.1, 0.15) is 43.6 Å². The van der Waals surface area contributed by atoms with Gasteiger partial charge < -0.3 is 9.64 Å². The highest BCUT2D eigenvalue weighted by Gasteiger charge is 2.24. The summed E-state index contributed by atoms with van der Waals surface area (Å²) in [4.78, 5) is 25.2. The van der Waals surface area contributed by atoms with Gasteiger partial charge in [0.25, 0.3) is 0 Å². The van der Waals surface area contributed by atoms with Crippen molar-refractivity contribution in [1.29, 1.82) is 0 Å². The number of likely N-dealkylation sites (tertiary alicyclic amines) is 1. The van der Waals surface area contributed by atoms with Gasteiger partial charge in [0.05, 0.1) is 7.11 Å². The number of esters is 1. The fourth-order valence-electron chi connectivity index (χ4n) is 2.85. The summed E-state index contributed by atoms with van der Waals surface area (Å²) in [5, 5.41) is 0. The van der Waals surface area contributed by atoms with Gasteiger partial charge in [-0.2, -0.15) is 0 Å². The first-order valence-corrected chi connectivity index (χ1v) is 7.60. The second kappa shape index (κ2) is 7.81. The maximum atomic E-state index is 12.2. The number of hydrogen-bond acceptors (Lipinski definition) is 3. The van der Waals surface area contributed by atoms with Crippen molar-refractivity contribution in [3.63, 3.8) is 0 Å². The summed E-state index contributed by atoms with van der Waals surface area (Å²) in [5.41, 5.74) is 1.31. The normalized spacial score (nSPS) is 18.3. The van der Waals surface area contributed by atoms with Crippen molar-refractivity contribution in [2.24, 2.45) is 0 Å². The van der Waals surface area contributed by atoms with Gasteiger partial charge in [-0.15, -0.1) is 0 Å². The molecule has 0 saturated carbocycles. The lowest BCUT2D eigenvalue weighted by Crippen LogP contribution is -2.39. The molecule has 1 heterocycles. The minimum atomic E-state index is -0.247. The molecule has 114 valence electrons. The first-order chi connectivity index (χ1) is 10.2. The van der Waals surface area contributed by atoms with E-state index < -0.39 is 0 Å². The van der Waals surface area contributed by atoms with Crippen molar-refractivity contribution in [1.82, 2.24) is 4.90 Å². The number of rotatable bonds is 5. The molecule has 1 unspecified atom stereocenters. The number of piperidine rings is 1. The van der Waals surface area contributed by atoms with E-state index in [-0.39, 0.29) is 11.9 Å². The monoisotopic (exact) mass is 289 g/mol. The zero-order valence-corrected chi connectivity index (χ0v) is 12.6. The third-order valence-corrected chi connectivity index (χ3v) is 4.04. The minimum absolute atomic E-state index is 0.152. The lowest BCUT2D eigenvalue weighted by Gasteiger charge is -2.33. The molecule has 0 spiro atoms. The Labute approximate surface area is 126 Å². The van der Waals surface area contributed by atoms with E-state index in [2.05, 4.69) is 16.9 Å². The molecule has 4 heteroatoms. The molecule has 1 aromatic carbocycles. The van der Waals surface area contributed by atoms with Crippen molar-refractivity contribution < 1.29 is 14.3 Å². The maximum Gasteiger partial charge on any atom is 0.305 e. The van der Waals surface area contributed by atoms with Crippen LogP contribution in [0.15, 0.2) is 30.3 Å². The Hall–Kier alpha value is -1.84. The van der Waals surface area contributed by atoms with E-state index in [0.29, 0.717) is 25.2 Å². The molecule has 1 atom stereocenters. The number of methoxy groups -OCH3 is 1. The Kier molecular flexibility index (Phi) is 5.78. The fourth-order valence-corrected chi connectivity index (χ4v) is 2.85. The van der Waals surface area contributed by atoms with Crippen LogP contribution in [0.5, 0.6) is 0 Å². The van der Waals surface area contributed by atoms with Crippen molar-refractivity contribution in [3.05, 3.63) is 35.9 Å². The third-order valence-electron chi connectivity index (χ3n) is 4.04. The Morgan fingerprint density at radius 2 is 2.00 bits per heavy atom. The van der Waals surface area contributed by atoms with E-state index in [1.165, 1.54) is 12.7 Å². The van der Waals surface area contributed by atoms with Crippen LogP contribution in [0.2, 0.25) is 0 Å². The molecular weight excluding hydrogens is 266 g/mol. The third kappa shape index (κ3) is 4.59. The van der Waals surface area contributed by atoms with Gasteiger partial charge in [-0.05, 0) is 24.8 Å². The lowest BCUT2D eigenvalue weighted by molar-refractivity contribution is -0.141. The van der Waals surface area contributed by atoms with E-state index in [4.69, 9.17) is 0 Å². The predicted octanol–water partition coefficient (Wildman–Crippen LogP) is 2.74. The van der Waals surface area contributed by atoms with Gasteiger partial charge in [-0.3, -0.25) is 9.59 Å². The maximum absolute atomic E-state index is 12.2. The summed E-state index contributed by atoms with van der Waals surface area (Å²) in [6.07, 6.45) is 3.49. The van der Waals surface area contributed by atoms with Gasteiger partial charge in [0.1, 0.15) is 0 Å². The highest BCUT2D eigenvalue weighted by atomic mass is 16.5. The Balaban J connectivity index is 1.83. The largest absolute Gasteiger partial charge is 0.469 e. The number of carbonyl (C=O) groups excluding carboxylic acids is 2. The summed E-state index contributed by atoms with van der Waals surface area (Å²) >= 11 is 0. The minimum Gasteiger partial charge on any atom is -0.469 e. The van der Waals surface area contributed by atoms with E-state index in [9.17, 15) is 9.59 Å². The SMILES string of the molecule is COC(=O)CCCC(=O)N1CCCC(c2ccccc2)C1. The van der Waals surface area contributed by atoms with Gasteiger partial charge >= 0.3 is 5.97 Å². The molecule has 1 fully saturated rings. The highest BCUT2D eigenvalue weighted by Crippen LogP contribution is 2.27. The molecule has 0 aromatic heterocycles. The highest BCUT2D eigenvalue weighted by molar-refractivity contribution is 5.77. The Bertz CT molecular complexity index is 472. The standard InChI is InChI=1S/C17H23NO3/c1-21-17(20)11-5-10-16(19)18-12-6-9-15(13-18)14-7-3-2-4-8-14/h2-4,7-8,15H,5-6,9-13H2,1H3. The molecule has 1 aliphatic rings. The van der Waals surface area contributed by atoms with Gasteiger partial charge in [0.2, 0.25) is 5.91 Å². The molecule has 1 aromatic rings. The summed E-state index contributed by atoms with van der Waals surface area (Å²) < 4.78 is 4.59. The van der Waals surface area contributed by atoms with Crippen LogP contribution in [0, 0.1) is 0 Å². The van der Waals surface area contributed by atoms with Crippen molar-refractivity contribution in [2.45, 2.75) is 38.0 Å². The first kappa shape index (κ1) is 15.5. The zero-order valence-electron chi connectivity index (χ0n) is 12.6. The summed E-state index contributed by atoms with van der Waals surface area (Å²) in [6.45, 7) is 1.63. The second-order valence-corrected chi connectivity index (χ2v) is 5.52. The number of amides is 1. The molecule has 1 aliphatic heterocycles. The molecule has 4 nitrogen and oxygen atoms in total. The summed E-state index contributed by atoms with van der Waals surface area (Å²) in [5.74, 6) is 0.340. The van der Waals surface area contributed by atoms with Gasteiger partial charge in [0.15, 0.2) is 0 Å². The molecule has 0 N–H and O–H groups in total. The quantitative estimate of drug-likeness (QED) is 0.783. The number of benzene rings is 1. The fraction of sp³-hybridized carbons (Fsp3) is 0.529. The van der Waals surface area contributed by atoms with E-state index in [0.717, 1.165) is 25.9 Å². The average molecular weight is 289 g/mol. The number of ether oxygens (including phenoxy) is 1. The zero-order chi connectivity index (χ0) is 15.1. The van der Waals surface area contributed by atoms with Crippen LogP contribution in [0.4, 0.5) is 0 Å². The Morgan fingerprint density at radius 3 is 2.71 bits per heavy atom. The predicted molar refractivity (Wildman–Crippen MR) is 80.9 cm³/mol. The lowest BCUT2D eigenvalue weighted by atomic mass is 9.90. The molecule has 0 bridgehead atoms. The first-order valence-electron chi connectivity index (χ1n) is 7.60. The van der Waals surface area contributed by atoms with Crippen LogP contribution in [0.3, 0.4) is 0 Å². The smallest absolute Gasteiger partial charge is 0.305 e. The van der Waals surface area contributed by atoms with Gasteiger partial charge in [-0.25, -0.2) is 0 Å². The van der Waals surface area contributed by atoms with Crippen LogP contribution in [0.25, 0.3) is 0 Å². The molecule has 21 heavy (non-hydrogen) atoms. The number of carbonyl (C=O) groups is 2. The summed E-state index contributed by atoms with van der Waals surface area (Å²) in [7, 11) is 1.37. The number of hydrogen-bond donors (Lipinski definition) is 0. The Morgan fingerprint density at radius 1 is 1.24 bits per heavy atom. The van der Waals surface area contributed by atoms with Crippen molar-refractivity contribution >= 4 is 11.9 Å². The second-order valence-electron chi connectivity index (χ2n) is 5.52. The molecule has 1 saturated heterocycles. The molecule has 1 amide bonds. The number of nitrogens with zero attached hydrogens (tertiary/aromatic N) is 1. The van der Waals surface area contributed by atoms with Gasteiger partial charge in [-0.1, -0.05) is 30.3 Å². The van der Waals surface area contributed by atoms with Crippen molar-refractivity contribution in [2.75, 3.05) is 20.2 Å². The van der Waals surface area contributed by atoms with Crippen molar-refractivity contribution in [3.8, 4) is 0 Å². The summed E-state index contributed by atoms with van der Waals surface area (Å²) in [6, 6.07) is 10.4. The molecule has 0 aliphatic carbocycles. The van der Waals surface area contributed by atoms with E-state index in [1.807, 2.05) is 23.1 Å². The molecule has 2 rings (SSSR count). The van der Waals surface area contributed by atoms with Gasteiger partial charge in [0, 0.05) is 31.8 Å². The topological polar surface area (TPSA) is 46.6 Å². The molecular formula is C17H23NO3. The average Bonchev–Trinajstić information content (AvgIpc) is 2.55. The van der Waals surface area contributed by atoms with Crippen LogP contribution >= 0.6 is 0 Å². The van der Waals surface area contributed by atoms with E-state index in [1.54, 1.807) is 0 Å². The molecule has 0 radical (unpaired) electrons. The van der Waals surface area contributed by atoms with E-state index >= 15 is 0 Å². The van der Waals surface area contributed by atoms with Crippen LogP contribution in [-0.2, 0) is 14.3 Å². The van der Waals surface area contributed by atoms with Crippen LogP contribution in [-0.4, -0.2) is 37.0 Å². The van der Waals surface area contributed by atoms with Crippen LogP contribution < -0.4 is 0 Å².